The highest BCUT2D eigenvalue weighted by Gasteiger charge is 2.42. The number of nitrogens with zero attached hydrogens (tertiary/aromatic N) is 2. The highest BCUT2D eigenvalue weighted by atomic mass is 32.2. The van der Waals surface area contributed by atoms with E-state index in [2.05, 4.69) is 10.6 Å². The molecule has 1 saturated carbocycles. The number of anilines is 2. The molecule has 2 unspecified atom stereocenters. The van der Waals surface area contributed by atoms with E-state index < -0.39 is 92.0 Å². The highest BCUT2D eigenvalue weighted by Crippen LogP contribution is 2.45. The van der Waals surface area contributed by atoms with Gasteiger partial charge in [0.05, 0.1) is 0 Å². The molecule has 2 saturated heterocycles. The average Bonchev–Trinajstić information content (AvgIpc) is 3.87. The van der Waals surface area contributed by atoms with Gasteiger partial charge >= 0.3 is 20.4 Å². The Hall–Kier alpha value is -4.14. The summed E-state index contributed by atoms with van der Waals surface area (Å²) in [6, 6.07) is 2.36. The summed E-state index contributed by atoms with van der Waals surface area (Å²) in [4.78, 5) is 23.2. The van der Waals surface area contributed by atoms with E-state index in [-0.39, 0.29) is 35.5 Å². The molecule has 52 heavy (non-hydrogen) atoms. The monoisotopic (exact) mass is 770 g/mol. The molecule has 284 valence electrons. The van der Waals surface area contributed by atoms with Gasteiger partial charge in [-0.25, -0.2) is 26.8 Å². The lowest BCUT2D eigenvalue weighted by Crippen LogP contribution is -2.33. The van der Waals surface area contributed by atoms with Crippen LogP contribution >= 0.6 is 0 Å². The summed E-state index contributed by atoms with van der Waals surface area (Å²) in [6.45, 7) is 1.15. The molecule has 16 nitrogen and oxygen atoms in total. The number of phenolic OH excluding ortho intramolecular Hbond substituents is 2. The summed E-state index contributed by atoms with van der Waals surface area (Å²) >= 11 is 0. The lowest BCUT2D eigenvalue weighted by atomic mass is 9.98. The molecule has 4 aliphatic heterocycles. The zero-order chi connectivity index (χ0) is 36.9. The Morgan fingerprint density at radius 3 is 1.75 bits per heavy atom. The van der Waals surface area contributed by atoms with Gasteiger partial charge in [0.1, 0.15) is 59.7 Å². The van der Waals surface area contributed by atoms with Crippen LogP contribution < -0.4 is 38.2 Å². The van der Waals surface area contributed by atoms with Gasteiger partial charge in [-0.3, -0.25) is 9.59 Å². The maximum Gasteiger partial charge on any atom is 0.326 e. The summed E-state index contributed by atoms with van der Waals surface area (Å²) in [6.07, 6.45) is 5.95. The molecule has 2 aromatic rings. The van der Waals surface area contributed by atoms with Crippen molar-refractivity contribution >= 4 is 43.6 Å². The van der Waals surface area contributed by atoms with Gasteiger partial charge in [-0.05, 0) is 44.2 Å². The highest BCUT2D eigenvalue weighted by molar-refractivity contribution is 7.92. The van der Waals surface area contributed by atoms with Crippen LogP contribution in [-0.2, 0) is 42.8 Å². The van der Waals surface area contributed by atoms with Crippen LogP contribution in [0.5, 0.6) is 23.0 Å². The van der Waals surface area contributed by atoms with Crippen LogP contribution in [0.3, 0.4) is 0 Å². The average molecular weight is 771 g/mol. The Bertz CT molecular complexity index is 2000. The number of carbonyl (C=O) groups is 2. The van der Waals surface area contributed by atoms with Crippen molar-refractivity contribution in [3.8, 4) is 23.0 Å². The fourth-order valence-corrected chi connectivity index (χ4v) is 10.1. The Kier molecular flexibility index (Phi) is 9.76. The lowest BCUT2D eigenvalue weighted by Gasteiger charge is -2.18. The smallest absolute Gasteiger partial charge is 0.326 e. The minimum Gasteiger partial charge on any atom is -0.505 e. The summed E-state index contributed by atoms with van der Waals surface area (Å²) < 4.78 is 95.7. The number of carbonyl (C=O) groups excluding carboxylic acids is 2. The van der Waals surface area contributed by atoms with E-state index in [0.29, 0.717) is 33.5 Å². The van der Waals surface area contributed by atoms with Crippen LogP contribution in [0.1, 0.15) is 49.7 Å². The van der Waals surface area contributed by atoms with Gasteiger partial charge in [-0.15, -0.1) is 0 Å². The van der Waals surface area contributed by atoms with E-state index in [4.69, 9.17) is 9.47 Å². The standard InChI is InChI=1S/C32H40F2N6O10S2/c33-29-21-8-19(49-25(21)10-23(41)31(29)39-15-27(43)37-51(39,45)46)13-35-6-2-1-3-17-4-5-18(7-17)12-36-14-20-9-22-26(50-20)11-24(42)32(30(22)34)40-16-28(44)38-52(40,47)48/h10-11,17-20,35-36,41-42H,1-9,12-16H2,(H,37,43)(H,38,44)/t17?,18?,19-,20-/m1/s1. The molecule has 0 bridgehead atoms. The molecule has 0 radical (unpaired) electrons. The van der Waals surface area contributed by atoms with Crippen LogP contribution in [0.4, 0.5) is 20.2 Å². The van der Waals surface area contributed by atoms with E-state index in [0.717, 1.165) is 51.6 Å². The minimum absolute atomic E-state index is 0.144. The predicted molar refractivity (Wildman–Crippen MR) is 182 cm³/mol. The van der Waals surface area contributed by atoms with Crippen LogP contribution in [0.2, 0.25) is 0 Å². The Balaban J connectivity index is 0.787. The van der Waals surface area contributed by atoms with Gasteiger partial charge in [0.2, 0.25) is 0 Å². The van der Waals surface area contributed by atoms with Gasteiger partial charge in [0, 0.05) is 49.2 Å². The number of nitrogens with one attached hydrogen (secondary N) is 4. The van der Waals surface area contributed by atoms with Crippen LogP contribution in [0.15, 0.2) is 12.1 Å². The maximum absolute atomic E-state index is 15.4. The maximum atomic E-state index is 15.4. The molecular weight excluding hydrogens is 731 g/mol. The summed E-state index contributed by atoms with van der Waals surface area (Å²) in [7, 11) is -8.58. The first-order valence-corrected chi connectivity index (χ1v) is 20.1. The lowest BCUT2D eigenvalue weighted by molar-refractivity contribution is -0.118. The summed E-state index contributed by atoms with van der Waals surface area (Å²) in [5.41, 5.74) is -0.829. The van der Waals surface area contributed by atoms with Crippen LogP contribution in [0.25, 0.3) is 0 Å². The van der Waals surface area contributed by atoms with Gasteiger partial charge in [0.15, 0.2) is 11.6 Å². The van der Waals surface area contributed by atoms with E-state index in [9.17, 15) is 36.6 Å². The molecule has 0 spiro atoms. The Morgan fingerprint density at radius 1 is 0.750 bits per heavy atom. The molecule has 2 aromatic carbocycles. The number of phenols is 2. The molecule has 6 N–H and O–H groups in total. The molecule has 1 aliphatic carbocycles. The number of aromatic hydroxyl groups is 2. The molecule has 2 amide bonds. The first-order valence-electron chi connectivity index (χ1n) is 17.2. The third-order valence-electron chi connectivity index (χ3n) is 10.2. The van der Waals surface area contributed by atoms with Gasteiger partial charge in [0.25, 0.3) is 11.8 Å². The molecule has 7 rings (SSSR count). The van der Waals surface area contributed by atoms with Gasteiger partial charge in [-0.2, -0.15) is 16.8 Å². The number of hydrogen-bond donors (Lipinski definition) is 6. The first kappa shape index (κ1) is 36.2. The minimum atomic E-state index is -4.29. The number of amides is 2. The third-order valence-corrected chi connectivity index (χ3v) is 12.9. The normalized spacial score (nSPS) is 25.5. The second-order valence-electron chi connectivity index (χ2n) is 13.9. The largest absolute Gasteiger partial charge is 0.505 e. The van der Waals surface area contributed by atoms with E-state index in [1.807, 2.05) is 0 Å². The molecule has 3 fully saturated rings. The molecule has 20 heteroatoms. The summed E-state index contributed by atoms with van der Waals surface area (Å²) in [5, 5.41) is 27.5. The number of halogens is 2. The van der Waals surface area contributed by atoms with Crippen molar-refractivity contribution in [2.45, 2.75) is 63.6 Å². The first-order chi connectivity index (χ1) is 24.7. The number of benzene rings is 2. The Labute approximate surface area is 299 Å². The number of ether oxygens (including phenoxy) is 2. The molecule has 5 aliphatic rings. The van der Waals surface area contributed by atoms with Gasteiger partial charge < -0.3 is 30.3 Å². The van der Waals surface area contributed by atoms with Crippen molar-refractivity contribution in [2.75, 3.05) is 47.9 Å². The van der Waals surface area contributed by atoms with Crippen molar-refractivity contribution < 1.29 is 54.9 Å². The van der Waals surface area contributed by atoms with E-state index in [1.165, 1.54) is 12.1 Å². The number of hydrogen-bond acceptors (Lipinski definition) is 12. The van der Waals surface area contributed by atoms with Crippen molar-refractivity contribution in [3.63, 3.8) is 0 Å². The summed E-state index contributed by atoms with van der Waals surface area (Å²) in [5.74, 6) is -3.35. The zero-order valence-corrected chi connectivity index (χ0v) is 29.6. The quantitative estimate of drug-likeness (QED) is 0.156. The number of rotatable bonds is 13. The molecule has 4 heterocycles. The fourth-order valence-electron chi connectivity index (χ4n) is 7.79. The topological polar surface area (TPSA) is 216 Å². The second-order valence-corrected chi connectivity index (χ2v) is 17.1. The number of unbranched alkanes of at least 4 members (excludes halogenated alkanes) is 1. The van der Waals surface area contributed by atoms with E-state index >= 15 is 8.78 Å². The van der Waals surface area contributed by atoms with Crippen LogP contribution in [0, 0.1) is 23.5 Å². The second kappa shape index (κ2) is 14.0. The SMILES string of the molecule is O=C1CN(c2c(O)cc3c(c2F)C[C@H](CNCCCCC2CCC(CNC[C@H]4Cc5c(cc(O)c(N6CC(=O)NS6(=O)=O)c5F)O4)C2)O3)S(=O)(=O)N1. The fraction of sp³-hybridized carbons (Fsp3) is 0.562. The van der Waals surface area contributed by atoms with Crippen LogP contribution in [-0.4, -0.2) is 90.3 Å². The van der Waals surface area contributed by atoms with Crippen molar-refractivity contribution in [2.24, 2.45) is 11.8 Å². The van der Waals surface area contributed by atoms with Crippen molar-refractivity contribution in [1.82, 2.24) is 20.1 Å². The van der Waals surface area contributed by atoms with Crippen molar-refractivity contribution in [1.29, 1.82) is 0 Å². The van der Waals surface area contributed by atoms with Crippen molar-refractivity contribution in [3.05, 3.63) is 34.9 Å². The van der Waals surface area contributed by atoms with E-state index in [1.54, 1.807) is 9.44 Å². The number of fused-ring (bicyclic) bond motifs is 2. The zero-order valence-electron chi connectivity index (χ0n) is 28.0. The molecule has 4 atom stereocenters. The third kappa shape index (κ3) is 7.12. The van der Waals surface area contributed by atoms with Gasteiger partial charge in [-0.1, -0.05) is 19.3 Å². The Morgan fingerprint density at radius 2 is 1.25 bits per heavy atom. The molecule has 0 aromatic heterocycles. The predicted octanol–water partition coefficient (Wildman–Crippen LogP) is 0.811. The molecular formula is C32H40F2N6O10S2.